The van der Waals surface area contributed by atoms with E-state index in [1.165, 1.54) is 19.2 Å². The molecule has 0 saturated heterocycles. The van der Waals surface area contributed by atoms with Gasteiger partial charge in [0.2, 0.25) is 0 Å². The van der Waals surface area contributed by atoms with Crippen LogP contribution in [0.25, 0.3) is 0 Å². The Morgan fingerprint density at radius 2 is 2.06 bits per heavy atom. The first-order chi connectivity index (χ1) is 7.48. The number of halogens is 1. The van der Waals surface area contributed by atoms with E-state index < -0.39 is 10.7 Å². The summed E-state index contributed by atoms with van der Waals surface area (Å²) in [5.41, 5.74) is 0. The van der Waals surface area contributed by atoms with Gasteiger partial charge in [-0.15, -0.1) is 11.8 Å². The Morgan fingerprint density at radius 1 is 1.50 bits per heavy atom. The quantitative estimate of drug-likeness (QED) is 0.808. The fourth-order valence-corrected chi connectivity index (χ4v) is 2.23. The first-order valence-electron chi connectivity index (χ1n) is 4.65. The molecule has 0 aromatic heterocycles. The van der Waals surface area contributed by atoms with Crippen molar-refractivity contribution in [2.75, 3.05) is 13.7 Å². The standard InChI is InChI=1S/C11H13FO3S/c1-11(7-15-2,10(13)14)16-9-5-3-8(12)4-6-9/h3-6H,7H2,1-2H3,(H,13,14). The Hall–Kier alpha value is -1.07. The van der Waals surface area contributed by atoms with E-state index in [9.17, 15) is 9.18 Å². The number of ether oxygens (including phenoxy) is 1. The number of carboxylic acids is 1. The van der Waals surface area contributed by atoms with Gasteiger partial charge in [-0.25, -0.2) is 4.39 Å². The minimum atomic E-state index is -1.06. The van der Waals surface area contributed by atoms with Crippen molar-refractivity contribution in [1.82, 2.24) is 0 Å². The number of methoxy groups -OCH3 is 1. The van der Waals surface area contributed by atoms with Crippen molar-refractivity contribution < 1.29 is 19.0 Å². The summed E-state index contributed by atoms with van der Waals surface area (Å²) >= 11 is 1.14. The van der Waals surface area contributed by atoms with Gasteiger partial charge in [0.1, 0.15) is 10.6 Å². The van der Waals surface area contributed by atoms with Gasteiger partial charge in [-0.3, -0.25) is 4.79 Å². The molecule has 1 atom stereocenters. The molecule has 1 aromatic carbocycles. The topological polar surface area (TPSA) is 46.5 Å². The Balaban J connectivity index is 2.83. The zero-order chi connectivity index (χ0) is 12.2. The highest BCUT2D eigenvalue weighted by molar-refractivity contribution is 8.01. The van der Waals surface area contributed by atoms with Gasteiger partial charge in [0.15, 0.2) is 0 Å². The average molecular weight is 244 g/mol. The molecular weight excluding hydrogens is 231 g/mol. The number of hydrogen-bond acceptors (Lipinski definition) is 3. The summed E-state index contributed by atoms with van der Waals surface area (Å²) in [5, 5.41) is 9.10. The third-order valence-corrected chi connectivity index (χ3v) is 3.28. The molecule has 0 spiro atoms. The van der Waals surface area contributed by atoms with Crippen LogP contribution in [0.4, 0.5) is 4.39 Å². The molecule has 88 valence electrons. The van der Waals surface area contributed by atoms with Gasteiger partial charge in [-0.05, 0) is 31.2 Å². The van der Waals surface area contributed by atoms with Gasteiger partial charge >= 0.3 is 5.97 Å². The minimum absolute atomic E-state index is 0.0877. The first-order valence-corrected chi connectivity index (χ1v) is 5.46. The smallest absolute Gasteiger partial charge is 0.322 e. The maximum absolute atomic E-state index is 12.7. The van der Waals surface area contributed by atoms with Gasteiger partial charge in [0.05, 0.1) is 6.61 Å². The number of aliphatic carboxylic acids is 1. The highest BCUT2D eigenvalue weighted by atomic mass is 32.2. The number of benzene rings is 1. The highest BCUT2D eigenvalue weighted by Gasteiger charge is 2.34. The van der Waals surface area contributed by atoms with Crippen LogP contribution in [0, 0.1) is 5.82 Å². The van der Waals surface area contributed by atoms with Crippen LogP contribution < -0.4 is 0 Å². The van der Waals surface area contributed by atoms with Crippen LogP contribution in [0.15, 0.2) is 29.2 Å². The molecule has 1 N–H and O–H groups in total. The minimum Gasteiger partial charge on any atom is -0.480 e. The van der Waals surface area contributed by atoms with Crippen molar-refractivity contribution in [3.63, 3.8) is 0 Å². The lowest BCUT2D eigenvalue weighted by atomic mass is 10.2. The lowest BCUT2D eigenvalue weighted by Crippen LogP contribution is -2.36. The van der Waals surface area contributed by atoms with Crippen molar-refractivity contribution in [2.45, 2.75) is 16.6 Å². The van der Waals surface area contributed by atoms with Gasteiger partial charge in [-0.2, -0.15) is 0 Å². The highest BCUT2D eigenvalue weighted by Crippen LogP contribution is 2.33. The maximum atomic E-state index is 12.7. The molecule has 0 aliphatic carbocycles. The summed E-state index contributed by atoms with van der Waals surface area (Å²) in [6.07, 6.45) is 0. The largest absolute Gasteiger partial charge is 0.480 e. The SMILES string of the molecule is COCC(C)(Sc1ccc(F)cc1)C(=O)O. The zero-order valence-corrected chi connectivity index (χ0v) is 9.88. The molecule has 0 amide bonds. The van der Waals surface area contributed by atoms with Gasteiger partial charge in [-0.1, -0.05) is 0 Å². The molecule has 16 heavy (non-hydrogen) atoms. The van der Waals surface area contributed by atoms with E-state index >= 15 is 0 Å². The van der Waals surface area contributed by atoms with E-state index in [-0.39, 0.29) is 12.4 Å². The Morgan fingerprint density at radius 3 is 2.50 bits per heavy atom. The first kappa shape index (κ1) is 13.0. The van der Waals surface area contributed by atoms with Crippen LogP contribution >= 0.6 is 11.8 Å². The second kappa shape index (κ2) is 5.32. The number of rotatable bonds is 5. The van der Waals surface area contributed by atoms with E-state index in [0.717, 1.165) is 11.8 Å². The monoisotopic (exact) mass is 244 g/mol. The second-order valence-electron chi connectivity index (χ2n) is 3.53. The summed E-state index contributed by atoms with van der Waals surface area (Å²) in [4.78, 5) is 11.8. The third kappa shape index (κ3) is 3.21. The zero-order valence-electron chi connectivity index (χ0n) is 9.07. The molecule has 0 aliphatic heterocycles. The van der Waals surface area contributed by atoms with E-state index in [1.54, 1.807) is 19.1 Å². The Labute approximate surface area is 97.6 Å². The van der Waals surface area contributed by atoms with Gasteiger partial charge < -0.3 is 9.84 Å². The van der Waals surface area contributed by atoms with Crippen molar-refractivity contribution in [3.05, 3.63) is 30.1 Å². The molecule has 0 bridgehead atoms. The summed E-state index contributed by atoms with van der Waals surface area (Å²) in [6.45, 7) is 1.66. The lowest BCUT2D eigenvalue weighted by molar-refractivity contribution is -0.140. The Bertz CT molecular complexity index is 366. The van der Waals surface area contributed by atoms with E-state index in [1.807, 2.05) is 0 Å². The van der Waals surface area contributed by atoms with E-state index in [0.29, 0.717) is 4.90 Å². The fourth-order valence-electron chi connectivity index (χ4n) is 1.17. The average Bonchev–Trinajstić information content (AvgIpc) is 2.22. The maximum Gasteiger partial charge on any atom is 0.322 e. The summed E-state index contributed by atoms with van der Waals surface area (Å²) in [6, 6.07) is 5.71. The van der Waals surface area contributed by atoms with Crippen LogP contribution in [0.1, 0.15) is 6.92 Å². The molecule has 1 rings (SSSR count). The molecule has 5 heteroatoms. The molecule has 0 radical (unpaired) electrons. The number of hydrogen-bond donors (Lipinski definition) is 1. The molecule has 0 heterocycles. The van der Waals surface area contributed by atoms with Crippen LogP contribution in [-0.4, -0.2) is 29.5 Å². The normalized spacial score (nSPS) is 14.4. The summed E-state index contributed by atoms with van der Waals surface area (Å²) < 4.78 is 16.5. The van der Waals surface area contributed by atoms with Gasteiger partial charge in [0.25, 0.3) is 0 Å². The molecule has 1 aromatic rings. The molecule has 0 saturated carbocycles. The summed E-state index contributed by atoms with van der Waals surface area (Å²) in [5.74, 6) is -1.29. The number of carboxylic acid groups (broad SMARTS) is 1. The van der Waals surface area contributed by atoms with Crippen molar-refractivity contribution in [3.8, 4) is 0 Å². The van der Waals surface area contributed by atoms with E-state index in [4.69, 9.17) is 9.84 Å². The molecular formula is C11H13FO3S. The van der Waals surface area contributed by atoms with E-state index in [2.05, 4.69) is 0 Å². The summed E-state index contributed by atoms with van der Waals surface area (Å²) in [7, 11) is 1.45. The molecule has 0 fully saturated rings. The fraction of sp³-hybridized carbons (Fsp3) is 0.364. The van der Waals surface area contributed by atoms with Crippen LogP contribution in [0.3, 0.4) is 0 Å². The number of carbonyl (C=O) groups is 1. The van der Waals surface area contributed by atoms with Crippen LogP contribution in [0.5, 0.6) is 0 Å². The lowest BCUT2D eigenvalue weighted by Gasteiger charge is -2.22. The molecule has 1 unspecified atom stereocenters. The third-order valence-electron chi connectivity index (χ3n) is 2.03. The Kier molecular flexibility index (Phi) is 4.32. The van der Waals surface area contributed by atoms with Crippen molar-refractivity contribution in [2.24, 2.45) is 0 Å². The van der Waals surface area contributed by atoms with Crippen molar-refractivity contribution >= 4 is 17.7 Å². The number of thioether (sulfide) groups is 1. The predicted molar refractivity (Wildman–Crippen MR) is 60.2 cm³/mol. The predicted octanol–water partition coefficient (Wildman–Crippen LogP) is 2.41. The van der Waals surface area contributed by atoms with Gasteiger partial charge in [0, 0.05) is 12.0 Å². The molecule has 0 aliphatic rings. The van der Waals surface area contributed by atoms with Crippen LogP contribution in [-0.2, 0) is 9.53 Å². The van der Waals surface area contributed by atoms with Crippen molar-refractivity contribution in [1.29, 1.82) is 0 Å². The second-order valence-corrected chi connectivity index (χ2v) is 5.10. The van der Waals surface area contributed by atoms with Crippen LogP contribution in [0.2, 0.25) is 0 Å². The molecule has 3 nitrogen and oxygen atoms in total.